The van der Waals surface area contributed by atoms with E-state index in [2.05, 4.69) is 124 Å². The monoisotopic (exact) mass is 1490 g/mol. The summed E-state index contributed by atoms with van der Waals surface area (Å²) in [5.74, 6) is 11.2. The molecule has 84 heavy (non-hydrogen) atoms. The van der Waals surface area contributed by atoms with E-state index in [0.717, 1.165) is 83.4 Å². The lowest BCUT2D eigenvalue weighted by molar-refractivity contribution is -0.137. The summed E-state index contributed by atoms with van der Waals surface area (Å²) in [7, 11) is 12.6. The predicted octanol–water partition coefficient (Wildman–Crippen LogP) is 9.18. The van der Waals surface area contributed by atoms with Gasteiger partial charge < -0.3 is 70.7 Å². The van der Waals surface area contributed by atoms with Crippen molar-refractivity contribution in [2.45, 2.75) is 32.1 Å². The fourth-order valence-electron chi connectivity index (χ4n) is 7.67. The van der Waals surface area contributed by atoms with Crippen molar-refractivity contribution < 1.29 is 57.3 Å². The molecule has 7 rings (SSSR count). The first-order valence-corrected chi connectivity index (χ1v) is 28.4. The van der Waals surface area contributed by atoms with Gasteiger partial charge in [0.2, 0.25) is 11.9 Å². The second-order valence-corrected chi connectivity index (χ2v) is 20.6. The molecule has 448 valence electrons. The standard InChI is InChI=1S/C19H22N4O4.C16H19IN2O3.C13H15IN4O2.C9H9IO3.C2H4/c1-26-15-10-12(9-14-11-22-19(21)23-18(14)20)8-13(17(15)27-2)6-4-3-5-7-16(24)25;1-20-15-10-13(9-14(17)16(15)21-2)12(11-18)3-4-19-5-7-22-8-6-19;1-19-10-5-7(4-9(14)11(10)20-2)3-8-6-17-13(16)18-12(8)15;1-12-8-4-6(5-11)3-7(10)9(8)13-2;1-2/h8,10-11H,3,5,7,9H2,1-2H3,(H,24,25)(H4,20,21,22,23);3,9-10H,4-8H2,1-2H3;4-6H,3H2,1-2H3,(H4,15,16,17,18);3-5H,1-2H3;1-2H2/b;12-3+;;;. The number of ether oxygens (including phenoxy) is 9. The molecule has 0 amide bonds. The lowest BCUT2D eigenvalue weighted by atomic mass is 10.0. The number of carboxylic acid groups (broad SMARTS) is 1. The quantitative estimate of drug-likeness (QED) is 0.0126. The number of allylic oxidation sites excluding steroid dienone is 1. The highest BCUT2D eigenvalue weighted by Gasteiger charge is 2.17. The molecule has 0 atom stereocenters. The van der Waals surface area contributed by atoms with Crippen molar-refractivity contribution in [3.63, 3.8) is 0 Å². The molecule has 1 saturated heterocycles. The van der Waals surface area contributed by atoms with Crippen LogP contribution in [0.2, 0.25) is 0 Å². The number of aromatic nitrogens is 4. The van der Waals surface area contributed by atoms with Crippen LogP contribution < -0.4 is 60.8 Å². The normalized spacial score (nSPS) is 11.4. The number of halogens is 3. The third-order valence-electron chi connectivity index (χ3n) is 11.7. The van der Waals surface area contributed by atoms with Crippen LogP contribution >= 0.6 is 67.8 Å². The number of hydrogen-bond donors (Lipinski definition) is 5. The summed E-state index contributed by atoms with van der Waals surface area (Å²) in [5.41, 5.74) is 29.0. The topological polar surface area (TPSA) is 320 Å². The number of benzene rings is 4. The summed E-state index contributed by atoms with van der Waals surface area (Å²) >= 11 is 6.49. The van der Waals surface area contributed by atoms with E-state index in [1.165, 1.54) is 0 Å². The smallest absolute Gasteiger partial charge is 0.303 e. The molecule has 1 aliphatic rings. The van der Waals surface area contributed by atoms with E-state index < -0.39 is 5.97 Å². The molecule has 0 spiro atoms. The molecule has 25 heteroatoms. The number of nitrogens with two attached hydrogens (primary N) is 4. The number of morpholine rings is 1. The Balaban J connectivity index is 0.000000298. The Morgan fingerprint density at radius 3 is 1.61 bits per heavy atom. The van der Waals surface area contributed by atoms with Gasteiger partial charge in [-0.2, -0.15) is 15.2 Å². The fourth-order valence-corrected chi connectivity index (χ4v) is 10.2. The van der Waals surface area contributed by atoms with Gasteiger partial charge in [-0.3, -0.25) is 14.5 Å². The number of methoxy groups -OCH3 is 8. The molecule has 0 unspecified atom stereocenters. The zero-order valence-electron chi connectivity index (χ0n) is 48.0. The molecule has 2 aromatic heterocycles. The summed E-state index contributed by atoms with van der Waals surface area (Å²) in [6, 6.07) is 17.1. The Hall–Kier alpha value is -7.58. The van der Waals surface area contributed by atoms with E-state index >= 15 is 0 Å². The summed E-state index contributed by atoms with van der Waals surface area (Å²) in [6.07, 6.45) is 8.09. The van der Waals surface area contributed by atoms with Gasteiger partial charge in [0.15, 0.2) is 46.0 Å². The van der Waals surface area contributed by atoms with Crippen molar-refractivity contribution in [3.05, 3.63) is 130 Å². The molecule has 0 aliphatic carbocycles. The Labute approximate surface area is 531 Å². The minimum Gasteiger partial charge on any atom is -0.493 e. The molecule has 0 bridgehead atoms. The van der Waals surface area contributed by atoms with Crippen molar-refractivity contribution in [1.29, 1.82) is 5.26 Å². The second-order valence-electron chi connectivity index (χ2n) is 17.1. The Morgan fingerprint density at radius 2 is 1.14 bits per heavy atom. The minimum absolute atomic E-state index is 0.0889. The Kier molecular flexibility index (Phi) is 31.6. The van der Waals surface area contributed by atoms with Gasteiger partial charge in [-0.05, 0) is 139 Å². The Bertz CT molecular complexity index is 3290. The third kappa shape index (κ3) is 21.9. The van der Waals surface area contributed by atoms with Crippen LogP contribution in [0.25, 0.3) is 5.57 Å². The Morgan fingerprint density at radius 1 is 0.679 bits per heavy atom. The molecule has 4 aromatic carbocycles. The highest BCUT2D eigenvalue weighted by atomic mass is 127. The zero-order valence-corrected chi connectivity index (χ0v) is 54.5. The number of aldehydes is 1. The number of nitrogen functional groups attached to an aromatic ring is 4. The third-order valence-corrected chi connectivity index (χ3v) is 14.1. The molecule has 9 N–H and O–H groups in total. The molecular formula is C59H69I3N10O12. The maximum atomic E-state index is 10.6. The van der Waals surface area contributed by atoms with Crippen molar-refractivity contribution >= 4 is 109 Å². The number of aliphatic carboxylic acids is 1. The minimum atomic E-state index is -0.832. The second kappa shape index (κ2) is 37.6. The van der Waals surface area contributed by atoms with Crippen molar-refractivity contribution in [3.8, 4) is 63.9 Å². The van der Waals surface area contributed by atoms with E-state index in [1.54, 1.807) is 81.4 Å². The van der Waals surface area contributed by atoms with Gasteiger partial charge in [-0.15, -0.1) is 13.2 Å². The summed E-state index contributed by atoms with van der Waals surface area (Å²) in [5, 5.41) is 18.1. The maximum Gasteiger partial charge on any atom is 0.303 e. The summed E-state index contributed by atoms with van der Waals surface area (Å²) in [6.45, 7) is 10.1. The van der Waals surface area contributed by atoms with Crippen molar-refractivity contribution in [1.82, 2.24) is 24.8 Å². The first-order chi connectivity index (χ1) is 40.4. The van der Waals surface area contributed by atoms with Crippen LogP contribution in [0.5, 0.6) is 46.0 Å². The fraction of sp³-hybridized carbons (Fsp3) is 0.305. The number of hydrogen-bond acceptors (Lipinski definition) is 21. The first-order valence-electron chi connectivity index (χ1n) is 25.2. The first kappa shape index (κ1) is 70.7. The van der Waals surface area contributed by atoms with Crippen molar-refractivity contribution in [2.24, 2.45) is 0 Å². The average molecular weight is 1490 g/mol. The van der Waals surface area contributed by atoms with Gasteiger partial charge in [-0.1, -0.05) is 17.9 Å². The summed E-state index contributed by atoms with van der Waals surface area (Å²) in [4.78, 5) is 39.2. The molecule has 0 radical (unpaired) electrons. The molecule has 1 fully saturated rings. The highest BCUT2D eigenvalue weighted by Crippen LogP contribution is 2.38. The van der Waals surface area contributed by atoms with E-state index in [9.17, 15) is 14.9 Å². The SMILES string of the molecule is C=C.COc1cc(/C(C#N)=C/CN2CCOCC2)cc(I)c1OC.COc1cc(C=O)cc(I)c1OC.COc1cc(Cc2cnc(N)nc2N)cc(C#CCCCC(=O)O)c1OC.COc1cc(Cc2cnc(N)nc2N)cc(I)c1OC. The lowest BCUT2D eigenvalue weighted by Gasteiger charge is -2.25. The molecular weight excluding hydrogens is 1420 g/mol. The predicted molar refractivity (Wildman–Crippen MR) is 350 cm³/mol. The van der Waals surface area contributed by atoms with Crippen LogP contribution in [-0.4, -0.2) is 132 Å². The molecule has 0 saturated carbocycles. The van der Waals surface area contributed by atoms with E-state index in [1.807, 2.05) is 42.5 Å². The number of carbonyl (C=O) groups excluding carboxylic acids is 1. The van der Waals surface area contributed by atoms with Gasteiger partial charge in [-0.25, -0.2) is 9.97 Å². The number of carbonyl (C=O) groups is 2. The van der Waals surface area contributed by atoms with E-state index in [4.69, 9.17) is 70.7 Å². The number of nitrogens with zero attached hydrogens (tertiary/aromatic N) is 6. The number of unbranched alkanes of at least 4 members (excludes halogenated alkanes) is 1. The average Bonchev–Trinajstić information content (AvgIpc) is 3.44. The van der Waals surface area contributed by atoms with Gasteiger partial charge >= 0.3 is 5.97 Å². The number of nitriles is 1. The van der Waals surface area contributed by atoms with Gasteiger partial charge in [0.05, 0.1) is 98.0 Å². The number of carboxylic acids is 1. The van der Waals surface area contributed by atoms with Gasteiger partial charge in [0.25, 0.3) is 0 Å². The molecule has 1 aliphatic heterocycles. The van der Waals surface area contributed by atoms with Crippen molar-refractivity contribution in [2.75, 3.05) is 113 Å². The van der Waals surface area contributed by atoms with Crippen LogP contribution in [-0.2, 0) is 22.4 Å². The van der Waals surface area contributed by atoms with E-state index in [0.29, 0.717) is 94.3 Å². The molecule has 6 aromatic rings. The van der Waals surface area contributed by atoms with Crippen LogP contribution in [0.1, 0.15) is 63.0 Å². The van der Waals surface area contributed by atoms with E-state index in [-0.39, 0.29) is 18.3 Å². The van der Waals surface area contributed by atoms with Crippen LogP contribution in [0.3, 0.4) is 0 Å². The maximum absolute atomic E-state index is 10.6. The van der Waals surface area contributed by atoms with Gasteiger partial charge in [0.1, 0.15) is 17.9 Å². The number of rotatable bonds is 19. The van der Waals surface area contributed by atoms with Crippen LogP contribution in [0, 0.1) is 33.9 Å². The number of anilines is 4. The van der Waals surface area contributed by atoms with Gasteiger partial charge in [0, 0.05) is 74.4 Å². The highest BCUT2D eigenvalue weighted by molar-refractivity contribution is 14.1. The van der Waals surface area contributed by atoms with Crippen LogP contribution in [0.15, 0.2) is 80.2 Å². The molecule has 22 nitrogen and oxygen atoms in total. The summed E-state index contributed by atoms with van der Waals surface area (Å²) < 4.78 is 50.4. The lowest BCUT2D eigenvalue weighted by Crippen LogP contribution is -2.36. The largest absolute Gasteiger partial charge is 0.493 e. The zero-order chi connectivity index (χ0) is 62.3. The van der Waals surface area contributed by atoms with Crippen LogP contribution in [0.4, 0.5) is 23.5 Å². The molecule has 3 heterocycles.